The molecule has 0 aliphatic rings. The van der Waals surface area contributed by atoms with Crippen molar-refractivity contribution >= 4 is 85.5 Å². The summed E-state index contributed by atoms with van der Waals surface area (Å²) < 4.78 is -0.961. The third-order valence-corrected chi connectivity index (χ3v) is 4.67. The van der Waals surface area contributed by atoms with E-state index in [4.69, 9.17) is 58.0 Å². The first kappa shape index (κ1) is 20.0. The summed E-state index contributed by atoms with van der Waals surface area (Å²) in [4.78, 5) is 12.3. The molecule has 9 heteroatoms. The topological polar surface area (TPSA) is 41.1 Å². The summed E-state index contributed by atoms with van der Waals surface area (Å²) >= 11 is 33.2. The zero-order chi connectivity index (χ0) is 17.9. The minimum atomic E-state index is -1.81. The molecule has 0 aromatic heterocycles. The van der Waals surface area contributed by atoms with E-state index in [-0.39, 0.29) is 0 Å². The summed E-state index contributed by atoms with van der Waals surface area (Å²) in [7, 11) is 0. The van der Waals surface area contributed by atoms with Gasteiger partial charge in [0.1, 0.15) is 6.17 Å². The van der Waals surface area contributed by atoms with Gasteiger partial charge in [-0.2, -0.15) is 0 Å². The number of hydrogen-bond acceptors (Lipinski definition) is 2. The van der Waals surface area contributed by atoms with Crippen LogP contribution in [0.5, 0.6) is 0 Å². The predicted molar refractivity (Wildman–Crippen MR) is 106 cm³/mol. The van der Waals surface area contributed by atoms with Gasteiger partial charge in [-0.1, -0.05) is 73.9 Å². The summed E-state index contributed by atoms with van der Waals surface area (Å²) in [5, 5.41) is 6.33. The number of rotatable bonds is 4. The van der Waals surface area contributed by atoms with E-state index in [2.05, 4.69) is 26.6 Å². The third kappa shape index (κ3) is 5.58. The smallest absolute Gasteiger partial charge is 0.252 e. The largest absolute Gasteiger partial charge is 0.361 e. The molecule has 0 spiro atoms. The fourth-order valence-corrected chi connectivity index (χ4v) is 2.83. The molecule has 24 heavy (non-hydrogen) atoms. The zero-order valence-corrected chi connectivity index (χ0v) is 17.2. The molecule has 0 unspecified atom stereocenters. The molecular formula is C15H10BrCl5N2O. The Balaban J connectivity index is 2.19. The quantitative estimate of drug-likeness (QED) is 0.390. The van der Waals surface area contributed by atoms with Crippen LogP contribution in [-0.4, -0.2) is 15.9 Å². The van der Waals surface area contributed by atoms with E-state index >= 15 is 0 Å². The van der Waals surface area contributed by atoms with Gasteiger partial charge in [0.15, 0.2) is 0 Å². The summed E-state index contributed by atoms with van der Waals surface area (Å²) in [6, 6.07) is 11.6. The average Bonchev–Trinajstić information content (AvgIpc) is 2.48. The maximum Gasteiger partial charge on any atom is 0.252 e. The Morgan fingerprint density at radius 3 is 2.21 bits per heavy atom. The number of nitrogens with one attached hydrogen (secondary N) is 2. The first-order valence-electron chi connectivity index (χ1n) is 6.51. The molecule has 1 atom stereocenters. The van der Waals surface area contributed by atoms with Crippen LogP contribution in [0.3, 0.4) is 0 Å². The van der Waals surface area contributed by atoms with E-state index in [1.54, 1.807) is 36.4 Å². The van der Waals surface area contributed by atoms with E-state index < -0.39 is 15.9 Å². The lowest BCUT2D eigenvalue weighted by molar-refractivity contribution is 0.0942. The van der Waals surface area contributed by atoms with Gasteiger partial charge in [-0.05, 0) is 42.5 Å². The Bertz CT molecular complexity index is 734. The Labute approximate surface area is 172 Å². The van der Waals surface area contributed by atoms with Crippen LogP contribution in [0.15, 0.2) is 46.9 Å². The molecular weight excluding hydrogens is 481 g/mol. The van der Waals surface area contributed by atoms with Gasteiger partial charge in [0.25, 0.3) is 5.91 Å². The van der Waals surface area contributed by atoms with Crippen molar-refractivity contribution in [3.63, 3.8) is 0 Å². The predicted octanol–water partition coefficient (Wildman–Crippen LogP) is 6.29. The number of amides is 1. The molecule has 0 radical (unpaired) electrons. The van der Waals surface area contributed by atoms with Crippen LogP contribution in [0.25, 0.3) is 0 Å². The van der Waals surface area contributed by atoms with Crippen molar-refractivity contribution in [1.82, 2.24) is 5.32 Å². The second-order valence-corrected chi connectivity index (χ2v) is 8.85. The SMILES string of the molecule is O=C(N[C@@H](Nc1ccc(Cl)cc1Cl)C(Cl)(Cl)Cl)c1ccc(Br)cc1. The highest BCUT2D eigenvalue weighted by Crippen LogP contribution is 2.33. The van der Waals surface area contributed by atoms with Gasteiger partial charge in [-0.25, -0.2) is 0 Å². The molecule has 2 rings (SSSR count). The van der Waals surface area contributed by atoms with Gasteiger partial charge in [0.2, 0.25) is 3.79 Å². The second-order valence-electron chi connectivity index (χ2n) is 4.72. The van der Waals surface area contributed by atoms with Crippen molar-refractivity contribution in [1.29, 1.82) is 0 Å². The van der Waals surface area contributed by atoms with Gasteiger partial charge >= 0.3 is 0 Å². The molecule has 0 aliphatic carbocycles. The summed E-state index contributed by atoms with van der Waals surface area (Å²) in [5.41, 5.74) is 0.884. The monoisotopic (exact) mass is 488 g/mol. The maximum absolute atomic E-state index is 12.3. The fourth-order valence-electron chi connectivity index (χ4n) is 1.78. The maximum atomic E-state index is 12.3. The lowest BCUT2D eigenvalue weighted by atomic mass is 10.2. The number of carbonyl (C=O) groups excluding carboxylic acids is 1. The van der Waals surface area contributed by atoms with E-state index in [0.717, 1.165) is 4.47 Å². The van der Waals surface area contributed by atoms with Crippen molar-refractivity contribution < 1.29 is 4.79 Å². The molecule has 2 N–H and O–H groups in total. The van der Waals surface area contributed by atoms with Gasteiger partial charge in [0.05, 0.1) is 10.7 Å². The van der Waals surface area contributed by atoms with E-state index in [1.807, 2.05) is 0 Å². The number of carbonyl (C=O) groups is 1. The molecule has 2 aromatic rings. The second kappa shape index (κ2) is 8.35. The van der Waals surface area contributed by atoms with Gasteiger partial charge in [0, 0.05) is 15.1 Å². The molecule has 2 aromatic carbocycles. The van der Waals surface area contributed by atoms with Crippen molar-refractivity contribution in [2.45, 2.75) is 9.96 Å². The zero-order valence-electron chi connectivity index (χ0n) is 11.8. The molecule has 0 saturated carbocycles. The standard InChI is InChI=1S/C15H10BrCl5N2O/c16-9-3-1-8(2-4-9)13(24)23-14(15(19,20)21)22-12-6-5-10(17)7-11(12)18/h1-7,14,22H,(H,23,24)/t14-/m1/s1. The molecule has 0 saturated heterocycles. The highest BCUT2D eigenvalue weighted by Gasteiger charge is 2.34. The van der Waals surface area contributed by atoms with Crippen molar-refractivity contribution in [2.75, 3.05) is 5.32 Å². The van der Waals surface area contributed by atoms with Crippen molar-refractivity contribution in [3.8, 4) is 0 Å². The highest BCUT2D eigenvalue weighted by molar-refractivity contribution is 9.10. The third-order valence-electron chi connectivity index (χ3n) is 2.94. The molecule has 0 bridgehead atoms. The Kier molecular flexibility index (Phi) is 6.94. The minimum Gasteiger partial charge on any atom is -0.361 e. The van der Waals surface area contributed by atoms with Gasteiger partial charge < -0.3 is 10.6 Å². The fraction of sp³-hybridized carbons (Fsp3) is 0.133. The van der Waals surface area contributed by atoms with Gasteiger partial charge in [-0.15, -0.1) is 0 Å². The lowest BCUT2D eigenvalue weighted by Crippen LogP contribution is -2.49. The van der Waals surface area contributed by atoms with Crippen LogP contribution < -0.4 is 10.6 Å². The number of anilines is 1. The number of hydrogen-bond donors (Lipinski definition) is 2. The van der Waals surface area contributed by atoms with E-state index in [9.17, 15) is 4.79 Å². The number of benzene rings is 2. The summed E-state index contributed by atoms with van der Waals surface area (Å²) in [6.07, 6.45) is -1.02. The Hall–Kier alpha value is -0.360. The van der Waals surface area contributed by atoms with Crippen LogP contribution in [0.1, 0.15) is 10.4 Å². The van der Waals surface area contributed by atoms with E-state index in [1.165, 1.54) is 6.07 Å². The van der Waals surface area contributed by atoms with Gasteiger partial charge in [-0.3, -0.25) is 4.79 Å². The molecule has 1 amide bonds. The van der Waals surface area contributed by atoms with Crippen LogP contribution in [0, 0.1) is 0 Å². The normalized spacial score (nSPS) is 12.6. The molecule has 0 aliphatic heterocycles. The first-order chi connectivity index (χ1) is 11.2. The summed E-state index contributed by atoms with van der Waals surface area (Å²) in [5.74, 6) is -0.406. The average molecular weight is 491 g/mol. The Morgan fingerprint density at radius 1 is 1.04 bits per heavy atom. The van der Waals surface area contributed by atoms with Crippen LogP contribution >= 0.6 is 73.9 Å². The molecule has 0 fully saturated rings. The molecule has 0 heterocycles. The highest BCUT2D eigenvalue weighted by atomic mass is 79.9. The Morgan fingerprint density at radius 2 is 1.67 bits per heavy atom. The first-order valence-corrected chi connectivity index (χ1v) is 9.20. The van der Waals surface area contributed by atoms with E-state index in [0.29, 0.717) is 21.3 Å². The van der Waals surface area contributed by atoms with Crippen molar-refractivity contribution in [3.05, 3.63) is 62.5 Å². The number of alkyl halides is 3. The molecule has 128 valence electrons. The van der Waals surface area contributed by atoms with Crippen LogP contribution in [0.2, 0.25) is 10.0 Å². The number of halogens is 6. The lowest BCUT2D eigenvalue weighted by Gasteiger charge is -2.28. The minimum absolute atomic E-state index is 0.333. The van der Waals surface area contributed by atoms with Crippen molar-refractivity contribution in [2.24, 2.45) is 0 Å². The summed E-state index contributed by atoms with van der Waals surface area (Å²) in [6.45, 7) is 0. The van der Waals surface area contributed by atoms with Crippen LogP contribution in [-0.2, 0) is 0 Å². The molecule has 3 nitrogen and oxygen atoms in total. The van der Waals surface area contributed by atoms with Crippen LogP contribution in [0.4, 0.5) is 5.69 Å².